The molecule has 0 aromatic carbocycles. The summed E-state index contributed by atoms with van der Waals surface area (Å²) in [5.74, 6) is -1.16. The lowest BCUT2D eigenvalue weighted by atomic mass is 10.0. The molecule has 2 N–H and O–H groups in total. The molecule has 0 spiro atoms. The number of carbonyl (C=O) groups excluding carboxylic acids is 2. The molecule has 1 heterocycles. The van der Waals surface area contributed by atoms with E-state index in [0.717, 1.165) is 12.8 Å². The summed E-state index contributed by atoms with van der Waals surface area (Å²) in [7, 11) is 1.21. The number of carbonyl (C=O) groups is 2. The van der Waals surface area contributed by atoms with Gasteiger partial charge in [0.1, 0.15) is 0 Å². The molecule has 1 fully saturated rings. The highest BCUT2D eigenvalue weighted by Crippen LogP contribution is 2.13. The zero-order valence-electron chi connectivity index (χ0n) is 9.27. The molecular formula is C10H17NO5. The van der Waals surface area contributed by atoms with E-state index in [4.69, 9.17) is 9.84 Å². The van der Waals surface area contributed by atoms with Crippen LogP contribution in [0.4, 0.5) is 0 Å². The Balaban J connectivity index is 2.44. The van der Waals surface area contributed by atoms with Crippen molar-refractivity contribution >= 4 is 11.9 Å². The molecule has 1 aliphatic heterocycles. The van der Waals surface area contributed by atoms with Gasteiger partial charge in [0, 0.05) is 6.61 Å². The van der Waals surface area contributed by atoms with Gasteiger partial charge < -0.3 is 19.9 Å². The van der Waals surface area contributed by atoms with Crippen molar-refractivity contribution in [3.05, 3.63) is 0 Å². The van der Waals surface area contributed by atoms with Crippen LogP contribution in [0.2, 0.25) is 0 Å². The van der Waals surface area contributed by atoms with Crippen molar-refractivity contribution in [2.24, 2.45) is 5.92 Å². The van der Waals surface area contributed by atoms with Crippen LogP contribution < -0.4 is 5.32 Å². The van der Waals surface area contributed by atoms with Gasteiger partial charge in [-0.2, -0.15) is 0 Å². The normalized spacial score (nSPS) is 22.2. The number of ether oxygens (including phenoxy) is 2. The van der Waals surface area contributed by atoms with Gasteiger partial charge in [-0.1, -0.05) is 0 Å². The van der Waals surface area contributed by atoms with Gasteiger partial charge in [0.05, 0.1) is 26.2 Å². The maximum Gasteiger partial charge on any atom is 0.330 e. The van der Waals surface area contributed by atoms with Crippen LogP contribution in [0.5, 0.6) is 0 Å². The third-order valence-corrected chi connectivity index (χ3v) is 2.52. The van der Waals surface area contributed by atoms with E-state index in [1.54, 1.807) is 0 Å². The highest BCUT2D eigenvalue weighted by molar-refractivity contribution is 5.85. The van der Waals surface area contributed by atoms with E-state index in [0.29, 0.717) is 13.2 Å². The standard InChI is InChI=1S/C10H17NO5/c1-15-10(14)8(5-12)11-9(13)7-3-2-4-16-6-7/h7-8,12H,2-6H2,1H3,(H,11,13). The Hall–Kier alpha value is -1.14. The van der Waals surface area contributed by atoms with Crippen LogP contribution in [0.25, 0.3) is 0 Å². The summed E-state index contributed by atoms with van der Waals surface area (Å²) in [5.41, 5.74) is 0. The van der Waals surface area contributed by atoms with Gasteiger partial charge in [-0.05, 0) is 12.8 Å². The molecule has 1 rings (SSSR count). The summed E-state index contributed by atoms with van der Waals surface area (Å²) in [6.45, 7) is 0.571. The van der Waals surface area contributed by atoms with Crippen molar-refractivity contribution in [2.45, 2.75) is 18.9 Å². The number of rotatable bonds is 4. The molecule has 0 aliphatic carbocycles. The lowest BCUT2D eigenvalue weighted by Gasteiger charge is -2.23. The van der Waals surface area contributed by atoms with Crippen molar-refractivity contribution in [3.8, 4) is 0 Å². The largest absolute Gasteiger partial charge is 0.467 e. The Kier molecular flexibility index (Phi) is 5.21. The first kappa shape index (κ1) is 12.9. The summed E-state index contributed by atoms with van der Waals surface area (Å²) in [5, 5.41) is 11.4. The molecule has 1 saturated heterocycles. The fraction of sp³-hybridized carbons (Fsp3) is 0.800. The van der Waals surface area contributed by atoms with Gasteiger partial charge in [0.15, 0.2) is 6.04 Å². The van der Waals surface area contributed by atoms with Crippen molar-refractivity contribution in [3.63, 3.8) is 0 Å². The summed E-state index contributed by atoms with van der Waals surface area (Å²) in [6, 6.07) is -0.987. The molecule has 92 valence electrons. The summed E-state index contributed by atoms with van der Waals surface area (Å²) >= 11 is 0. The number of hydrogen-bond acceptors (Lipinski definition) is 5. The van der Waals surface area contributed by atoms with Gasteiger partial charge >= 0.3 is 5.97 Å². The third-order valence-electron chi connectivity index (χ3n) is 2.52. The van der Waals surface area contributed by atoms with E-state index in [-0.39, 0.29) is 11.8 Å². The smallest absolute Gasteiger partial charge is 0.330 e. The molecule has 1 amide bonds. The molecule has 6 nitrogen and oxygen atoms in total. The van der Waals surface area contributed by atoms with E-state index in [1.165, 1.54) is 7.11 Å². The van der Waals surface area contributed by atoms with Crippen molar-refractivity contribution < 1.29 is 24.2 Å². The summed E-state index contributed by atoms with van der Waals surface area (Å²) in [4.78, 5) is 22.8. The molecule has 0 aromatic heterocycles. The second kappa shape index (κ2) is 6.44. The number of methoxy groups -OCH3 is 1. The van der Waals surface area contributed by atoms with Crippen molar-refractivity contribution in [1.29, 1.82) is 0 Å². The van der Waals surface area contributed by atoms with Gasteiger partial charge in [-0.3, -0.25) is 4.79 Å². The van der Waals surface area contributed by atoms with E-state index in [2.05, 4.69) is 10.1 Å². The monoisotopic (exact) mass is 231 g/mol. The van der Waals surface area contributed by atoms with Crippen LogP contribution in [0.1, 0.15) is 12.8 Å². The van der Waals surface area contributed by atoms with Crippen molar-refractivity contribution in [1.82, 2.24) is 5.32 Å². The number of aliphatic hydroxyl groups excluding tert-OH is 1. The first-order valence-corrected chi connectivity index (χ1v) is 5.25. The maximum atomic E-state index is 11.7. The summed E-state index contributed by atoms with van der Waals surface area (Å²) < 4.78 is 9.61. The average molecular weight is 231 g/mol. The fourth-order valence-electron chi connectivity index (χ4n) is 1.56. The minimum atomic E-state index is -0.987. The molecule has 0 aromatic rings. The van der Waals surface area contributed by atoms with Gasteiger partial charge in [0.25, 0.3) is 0 Å². The zero-order valence-corrected chi connectivity index (χ0v) is 9.27. The van der Waals surface area contributed by atoms with Gasteiger partial charge in [-0.15, -0.1) is 0 Å². The fourth-order valence-corrected chi connectivity index (χ4v) is 1.56. The average Bonchev–Trinajstić information content (AvgIpc) is 2.35. The molecule has 2 unspecified atom stereocenters. The van der Waals surface area contributed by atoms with Crippen LogP contribution in [0, 0.1) is 5.92 Å². The van der Waals surface area contributed by atoms with Crippen LogP contribution in [-0.2, 0) is 19.1 Å². The quantitative estimate of drug-likeness (QED) is 0.610. The molecule has 0 radical (unpaired) electrons. The molecule has 1 aliphatic rings. The molecule has 0 saturated carbocycles. The van der Waals surface area contributed by atoms with Crippen molar-refractivity contribution in [2.75, 3.05) is 26.9 Å². The summed E-state index contributed by atoms with van der Waals surface area (Å²) in [6.07, 6.45) is 1.57. The zero-order chi connectivity index (χ0) is 12.0. The Morgan fingerprint density at radius 3 is 2.88 bits per heavy atom. The van der Waals surface area contributed by atoms with Crippen LogP contribution in [-0.4, -0.2) is 50.0 Å². The Morgan fingerprint density at radius 1 is 1.62 bits per heavy atom. The molecule has 0 bridgehead atoms. The first-order chi connectivity index (χ1) is 7.69. The predicted molar refractivity (Wildman–Crippen MR) is 54.6 cm³/mol. The second-order valence-electron chi connectivity index (χ2n) is 3.68. The highest BCUT2D eigenvalue weighted by atomic mass is 16.5. The second-order valence-corrected chi connectivity index (χ2v) is 3.68. The van der Waals surface area contributed by atoms with Gasteiger partial charge in [0.2, 0.25) is 5.91 Å². The first-order valence-electron chi connectivity index (χ1n) is 5.25. The highest BCUT2D eigenvalue weighted by Gasteiger charge is 2.26. The number of aliphatic hydroxyl groups is 1. The van der Waals surface area contributed by atoms with Gasteiger partial charge in [-0.25, -0.2) is 4.79 Å². The number of amides is 1. The SMILES string of the molecule is COC(=O)C(CO)NC(=O)C1CCCOC1. The number of hydrogen-bond donors (Lipinski definition) is 2. The lowest BCUT2D eigenvalue weighted by Crippen LogP contribution is -2.47. The minimum Gasteiger partial charge on any atom is -0.467 e. The Morgan fingerprint density at radius 2 is 2.38 bits per heavy atom. The predicted octanol–water partition coefficient (Wildman–Crippen LogP) is -0.937. The third kappa shape index (κ3) is 3.46. The minimum absolute atomic E-state index is 0.243. The number of esters is 1. The maximum absolute atomic E-state index is 11.7. The van der Waals surface area contributed by atoms with Crippen LogP contribution in [0.15, 0.2) is 0 Å². The molecular weight excluding hydrogens is 214 g/mol. The van der Waals surface area contributed by atoms with E-state index < -0.39 is 18.6 Å². The molecule has 6 heteroatoms. The van der Waals surface area contributed by atoms with E-state index >= 15 is 0 Å². The van der Waals surface area contributed by atoms with Crippen LogP contribution >= 0.6 is 0 Å². The molecule has 16 heavy (non-hydrogen) atoms. The lowest BCUT2D eigenvalue weighted by molar-refractivity contribution is -0.147. The number of nitrogens with one attached hydrogen (secondary N) is 1. The topological polar surface area (TPSA) is 84.9 Å². The Bertz CT molecular complexity index is 250. The van der Waals surface area contributed by atoms with E-state index in [9.17, 15) is 9.59 Å². The molecule has 2 atom stereocenters. The van der Waals surface area contributed by atoms with Crippen LogP contribution in [0.3, 0.4) is 0 Å². The Labute approximate surface area is 93.9 Å². The van der Waals surface area contributed by atoms with E-state index in [1.807, 2.05) is 0 Å².